The molecular weight excluding hydrogens is 256 g/mol. The Morgan fingerprint density at radius 3 is 2.12 bits per heavy atom. The summed E-state index contributed by atoms with van der Waals surface area (Å²) >= 11 is 0. The average Bonchev–Trinajstić information content (AvgIpc) is 2.92. The molecule has 0 bridgehead atoms. The molecule has 2 nitrogen and oxygen atoms in total. The Morgan fingerprint density at radius 2 is 1.82 bits per heavy atom. The van der Waals surface area contributed by atoms with Crippen LogP contribution in [0.1, 0.15) is 13.8 Å². The molecular formula is C14H14FeO2. The van der Waals surface area contributed by atoms with E-state index in [4.69, 9.17) is 0 Å². The van der Waals surface area contributed by atoms with Crippen molar-refractivity contribution in [1.29, 1.82) is 0 Å². The maximum absolute atomic E-state index is 10.9. The van der Waals surface area contributed by atoms with Gasteiger partial charge in [0.2, 0.25) is 0 Å². The van der Waals surface area contributed by atoms with Gasteiger partial charge in [-0.05, 0) is 12.5 Å². The monoisotopic (exact) mass is 270 g/mol. The molecule has 3 heteroatoms. The van der Waals surface area contributed by atoms with Gasteiger partial charge in [0.15, 0.2) is 5.78 Å². The third kappa shape index (κ3) is 4.94. The van der Waals surface area contributed by atoms with Crippen LogP contribution in [0.2, 0.25) is 0 Å². The van der Waals surface area contributed by atoms with Gasteiger partial charge in [0, 0.05) is 5.57 Å². The Morgan fingerprint density at radius 1 is 1.24 bits per heavy atom. The van der Waals surface area contributed by atoms with Gasteiger partial charge < -0.3 is 5.11 Å². The van der Waals surface area contributed by atoms with E-state index in [0.717, 1.165) is 0 Å². The van der Waals surface area contributed by atoms with Gasteiger partial charge in [0.05, 0.1) is 0 Å². The second-order valence-corrected chi connectivity index (χ2v) is 3.43. The minimum absolute atomic E-state index is 0. The number of hydrogen-bond acceptors (Lipinski definition) is 2. The zero-order valence-electron chi connectivity index (χ0n) is 9.79. The first-order chi connectivity index (χ1) is 7.63. The van der Waals surface area contributed by atoms with Crippen LogP contribution in [0.25, 0.3) is 0 Å². The van der Waals surface area contributed by atoms with Crippen LogP contribution in [0.5, 0.6) is 0 Å². The largest absolute Gasteiger partial charge is 2.00 e. The molecule has 0 aliphatic heterocycles. The van der Waals surface area contributed by atoms with Crippen molar-refractivity contribution >= 4 is 5.78 Å². The molecule has 17 heavy (non-hydrogen) atoms. The fourth-order valence-corrected chi connectivity index (χ4v) is 1.35. The molecule has 1 aliphatic carbocycles. The summed E-state index contributed by atoms with van der Waals surface area (Å²) < 4.78 is 0. The Bertz CT molecular complexity index is 416. The van der Waals surface area contributed by atoms with Crippen molar-refractivity contribution in [3.63, 3.8) is 0 Å². The molecule has 1 aliphatic rings. The summed E-state index contributed by atoms with van der Waals surface area (Å²) in [5.74, 6) is -0.111. The average molecular weight is 270 g/mol. The van der Waals surface area contributed by atoms with Gasteiger partial charge in [-0.3, -0.25) is 4.79 Å². The SMILES string of the molecule is CC(=O)C1=CC=CC1=C(C)[O-].[Fe+2].c1cc[cH-]c1. The predicted octanol–water partition coefficient (Wildman–Crippen LogP) is 2.11. The quantitative estimate of drug-likeness (QED) is 0.445. The molecule has 1 aromatic carbocycles. The van der Waals surface area contributed by atoms with Crippen molar-refractivity contribution in [2.75, 3.05) is 0 Å². The van der Waals surface area contributed by atoms with Crippen LogP contribution >= 0.6 is 0 Å². The zero-order valence-corrected chi connectivity index (χ0v) is 10.9. The van der Waals surface area contributed by atoms with E-state index < -0.39 is 0 Å². The van der Waals surface area contributed by atoms with Crippen molar-refractivity contribution in [2.45, 2.75) is 13.8 Å². The van der Waals surface area contributed by atoms with E-state index in [2.05, 4.69) is 0 Å². The van der Waals surface area contributed by atoms with Crippen molar-refractivity contribution in [2.24, 2.45) is 0 Å². The Balaban J connectivity index is 0.000000360. The summed E-state index contributed by atoms with van der Waals surface area (Å²) in [6, 6.07) is 10.0. The minimum Gasteiger partial charge on any atom is -0.875 e. The summed E-state index contributed by atoms with van der Waals surface area (Å²) in [4.78, 5) is 10.9. The number of ketones is 1. The molecule has 1 aromatic rings. The first-order valence-electron chi connectivity index (χ1n) is 5.07. The van der Waals surface area contributed by atoms with Gasteiger partial charge in [-0.15, -0.1) is 5.76 Å². The minimum atomic E-state index is -0.0554. The molecule has 0 saturated carbocycles. The summed E-state index contributed by atoms with van der Waals surface area (Å²) in [6.45, 7) is 2.92. The molecule has 0 saturated heterocycles. The van der Waals surface area contributed by atoms with Gasteiger partial charge in [0.1, 0.15) is 0 Å². The molecule has 0 unspecified atom stereocenters. The second-order valence-electron chi connectivity index (χ2n) is 3.43. The number of rotatable bonds is 1. The molecule has 0 heterocycles. The molecule has 2 rings (SSSR count). The fraction of sp³-hybridized carbons (Fsp3) is 0.143. The van der Waals surface area contributed by atoms with Crippen LogP contribution in [0.4, 0.5) is 0 Å². The topological polar surface area (TPSA) is 40.1 Å². The van der Waals surface area contributed by atoms with Gasteiger partial charge >= 0.3 is 17.1 Å². The maximum Gasteiger partial charge on any atom is 2.00 e. The fourth-order valence-electron chi connectivity index (χ4n) is 1.35. The summed E-state index contributed by atoms with van der Waals surface area (Å²) in [5, 5.41) is 10.9. The molecule has 0 amide bonds. The molecule has 0 atom stereocenters. The number of Topliss-reactive ketones (excluding diaryl/α,β-unsaturated/α-hetero) is 1. The van der Waals surface area contributed by atoms with Crippen LogP contribution in [-0.2, 0) is 21.9 Å². The van der Waals surface area contributed by atoms with Crippen molar-refractivity contribution in [3.05, 3.63) is 65.5 Å². The van der Waals surface area contributed by atoms with Gasteiger partial charge in [-0.1, -0.05) is 25.2 Å². The molecule has 0 spiro atoms. The van der Waals surface area contributed by atoms with E-state index >= 15 is 0 Å². The first-order valence-corrected chi connectivity index (χ1v) is 5.07. The summed E-state index contributed by atoms with van der Waals surface area (Å²) in [7, 11) is 0. The normalized spacial score (nSPS) is 15.3. The van der Waals surface area contributed by atoms with Gasteiger partial charge in [-0.25, -0.2) is 12.1 Å². The predicted molar refractivity (Wildman–Crippen MR) is 62.6 cm³/mol. The number of allylic oxidation sites excluding steroid dienone is 6. The Labute approximate surface area is 112 Å². The molecule has 0 fully saturated rings. The number of carbonyl (C=O) groups is 1. The van der Waals surface area contributed by atoms with Gasteiger partial charge in [0.25, 0.3) is 0 Å². The van der Waals surface area contributed by atoms with E-state index in [0.29, 0.717) is 11.1 Å². The number of carbonyl (C=O) groups excluding carboxylic acids is 1. The van der Waals surface area contributed by atoms with E-state index in [9.17, 15) is 9.90 Å². The summed E-state index contributed by atoms with van der Waals surface area (Å²) in [6.07, 6.45) is 5.05. The molecule has 0 aromatic heterocycles. The van der Waals surface area contributed by atoms with E-state index in [1.54, 1.807) is 18.2 Å². The molecule has 90 valence electrons. The van der Waals surface area contributed by atoms with Crippen molar-refractivity contribution < 1.29 is 27.0 Å². The van der Waals surface area contributed by atoms with Crippen molar-refractivity contribution in [3.8, 4) is 0 Å². The summed E-state index contributed by atoms with van der Waals surface area (Å²) in [5.41, 5.74) is 1.05. The van der Waals surface area contributed by atoms with E-state index in [1.807, 2.05) is 30.3 Å². The second kappa shape index (κ2) is 7.77. The van der Waals surface area contributed by atoms with Crippen LogP contribution < -0.4 is 5.11 Å². The smallest absolute Gasteiger partial charge is 0.875 e. The Hall–Kier alpha value is -1.44. The standard InChI is InChI=1S/C9H10O2.C5H5.Fe/c1-6(10)8-4-3-5-9(8)7(2)11;1-2-4-5-3-1;/h3-5,10H,1-2H3;1-5H;/q;-1;+2/p-1. The number of hydrogen-bond donors (Lipinski definition) is 0. The first kappa shape index (κ1) is 15.6. The van der Waals surface area contributed by atoms with Crippen LogP contribution in [-0.4, -0.2) is 5.78 Å². The maximum atomic E-state index is 10.9. The zero-order chi connectivity index (χ0) is 12.0. The van der Waals surface area contributed by atoms with Crippen LogP contribution in [0.15, 0.2) is 65.5 Å². The molecule has 0 radical (unpaired) electrons. The van der Waals surface area contributed by atoms with E-state index in [-0.39, 0.29) is 28.6 Å². The van der Waals surface area contributed by atoms with Crippen LogP contribution in [0.3, 0.4) is 0 Å². The van der Waals surface area contributed by atoms with Gasteiger partial charge in [-0.2, -0.15) is 18.2 Å². The Kier molecular flexibility index (Phi) is 7.11. The van der Waals surface area contributed by atoms with E-state index in [1.165, 1.54) is 13.8 Å². The van der Waals surface area contributed by atoms with Crippen molar-refractivity contribution in [1.82, 2.24) is 0 Å². The molecule has 0 N–H and O–H groups in total. The third-order valence-corrected chi connectivity index (χ3v) is 2.13. The third-order valence-electron chi connectivity index (χ3n) is 2.13. The van der Waals surface area contributed by atoms with Crippen LogP contribution in [0, 0.1) is 0 Å².